The Balaban J connectivity index is 1.13. The lowest BCUT2D eigenvalue weighted by molar-refractivity contribution is 0.0175. The average molecular weight is 453 g/mol. The van der Waals surface area contributed by atoms with Crippen molar-refractivity contribution in [3.63, 3.8) is 0 Å². The summed E-state index contributed by atoms with van der Waals surface area (Å²) in [4.78, 5) is 27.7. The molecule has 0 spiro atoms. The van der Waals surface area contributed by atoms with Gasteiger partial charge in [-0.1, -0.05) is 17.3 Å². The summed E-state index contributed by atoms with van der Waals surface area (Å²) in [5.41, 5.74) is 1.57. The molecule has 2 aliphatic rings. The van der Waals surface area contributed by atoms with E-state index >= 15 is 0 Å². The van der Waals surface area contributed by atoms with Crippen LogP contribution in [0.1, 0.15) is 30.1 Å². The molecule has 1 saturated carbocycles. The molecule has 11 heteroatoms. The Morgan fingerprint density at radius 2 is 1.82 bits per heavy atom. The van der Waals surface area contributed by atoms with Crippen LogP contribution in [0.5, 0.6) is 0 Å². The van der Waals surface area contributed by atoms with Gasteiger partial charge in [-0.3, -0.25) is 9.36 Å². The fourth-order valence-corrected chi connectivity index (χ4v) is 4.88. The van der Waals surface area contributed by atoms with Crippen molar-refractivity contribution in [3.05, 3.63) is 64.6 Å². The van der Waals surface area contributed by atoms with Crippen LogP contribution in [-0.2, 0) is 19.5 Å². The number of fused-ring (bicyclic) bond motifs is 2. The zero-order valence-corrected chi connectivity index (χ0v) is 18.0. The highest BCUT2D eigenvalue weighted by molar-refractivity contribution is 5.68. The van der Waals surface area contributed by atoms with E-state index in [2.05, 4.69) is 25.0 Å². The first-order valence-electron chi connectivity index (χ1n) is 10.7. The Hall–Kier alpha value is -3.63. The maximum Gasteiger partial charge on any atom is 0.280 e. The second-order valence-corrected chi connectivity index (χ2v) is 8.95. The van der Waals surface area contributed by atoms with E-state index in [-0.39, 0.29) is 23.6 Å². The molecule has 1 aliphatic carbocycles. The van der Waals surface area contributed by atoms with Crippen LogP contribution in [0.15, 0.2) is 46.2 Å². The first-order valence-corrected chi connectivity index (χ1v) is 10.7. The predicted molar refractivity (Wildman–Crippen MR) is 114 cm³/mol. The van der Waals surface area contributed by atoms with Gasteiger partial charge in [0.25, 0.3) is 11.5 Å². The molecule has 4 aromatic rings. The van der Waals surface area contributed by atoms with Gasteiger partial charge in [0, 0.05) is 44.2 Å². The van der Waals surface area contributed by atoms with E-state index in [1.165, 1.54) is 23.0 Å². The summed E-state index contributed by atoms with van der Waals surface area (Å²) >= 11 is 0. The normalized spacial score (nSPS) is 22.2. The molecule has 1 saturated heterocycles. The van der Waals surface area contributed by atoms with Gasteiger partial charge in [0.05, 0.1) is 6.33 Å². The molecule has 9 nitrogen and oxygen atoms in total. The summed E-state index contributed by atoms with van der Waals surface area (Å²) < 4.78 is 35.4. The number of imidazole rings is 1. The second-order valence-electron chi connectivity index (χ2n) is 8.95. The van der Waals surface area contributed by atoms with Crippen LogP contribution in [0, 0.1) is 11.8 Å². The van der Waals surface area contributed by atoms with E-state index in [4.69, 9.17) is 4.52 Å². The van der Waals surface area contributed by atoms with Gasteiger partial charge in [-0.2, -0.15) is 4.98 Å². The number of halogens is 2. The van der Waals surface area contributed by atoms with E-state index in [1.807, 2.05) is 0 Å². The van der Waals surface area contributed by atoms with Crippen molar-refractivity contribution in [2.45, 2.75) is 25.3 Å². The summed E-state index contributed by atoms with van der Waals surface area (Å²) in [6, 6.07) is 6.48. The van der Waals surface area contributed by atoms with Gasteiger partial charge >= 0.3 is 0 Å². The second kappa shape index (κ2) is 6.93. The molecule has 170 valence electrons. The van der Waals surface area contributed by atoms with E-state index in [0.717, 1.165) is 25.7 Å². The van der Waals surface area contributed by atoms with Crippen LogP contribution < -0.4 is 10.5 Å². The molecule has 3 aromatic heterocycles. The number of anilines is 1. The minimum atomic E-state index is -2.84. The number of benzene rings is 1. The summed E-state index contributed by atoms with van der Waals surface area (Å²) in [6.07, 6.45) is 2.99. The van der Waals surface area contributed by atoms with Gasteiger partial charge < -0.3 is 14.0 Å². The third-order valence-corrected chi connectivity index (χ3v) is 6.72. The van der Waals surface area contributed by atoms with Crippen molar-refractivity contribution < 1.29 is 13.3 Å². The fourth-order valence-electron chi connectivity index (χ4n) is 4.88. The van der Waals surface area contributed by atoms with E-state index in [1.54, 1.807) is 30.1 Å². The summed E-state index contributed by atoms with van der Waals surface area (Å²) in [7, 11) is 1.75. The van der Waals surface area contributed by atoms with Crippen molar-refractivity contribution in [3.8, 4) is 0 Å². The third kappa shape index (κ3) is 3.30. The zero-order valence-electron chi connectivity index (χ0n) is 18.0. The Morgan fingerprint density at radius 3 is 2.52 bits per heavy atom. The van der Waals surface area contributed by atoms with Gasteiger partial charge in [0.1, 0.15) is 12.9 Å². The number of hydrogen-bond acceptors (Lipinski definition) is 7. The van der Waals surface area contributed by atoms with Crippen LogP contribution in [0.2, 0.25) is 0 Å². The van der Waals surface area contributed by atoms with Crippen LogP contribution in [0.4, 0.5) is 14.5 Å². The topological polar surface area (TPSA) is 94.9 Å². The Labute approximate surface area is 186 Å². The lowest BCUT2D eigenvalue weighted by atomic mass is 10.1. The van der Waals surface area contributed by atoms with Gasteiger partial charge in [0.2, 0.25) is 5.89 Å². The molecular formula is C22H21F2N7O2. The van der Waals surface area contributed by atoms with Crippen LogP contribution in [0.25, 0.3) is 11.2 Å². The SMILES string of the molecule is Cn1cnc2ncn(Cc3nc(C4[C@H]5CN(c6ccc(C(C)(F)F)cc6)C[C@@H]45)no3)c(=O)c21. The predicted octanol–water partition coefficient (Wildman–Crippen LogP) is 2.52. The molecular weight excluding hydrogens is 432 g/mol. The Kier molecular flexibility index (Phi) is 4.20. The Bertz CT molecular complexity index is 1390. The first-order chi connectivity index (χ1) is 15.8. The van der Waals surface area contributed by atoms with Crippen molar-refractivity contribution in [2.75, 3.05) is 18.0 Å². The minimum absolute atomic E-state index is 0.0182. The van der Waals surface area contributed by atoms with E-state index < -0.39 is 5.92 Å². The number of hydrogen-bond donors (Lipinski definition) is 0. The quantitative estimate of drug-likeness (QED) is 0.458. The molecule has 0 amide bonds. The van der Waals surface area contributed by atoms with Crippen molar-refractivity contribution in [2.24, 2.45) is 18.9 Å². The van der Waals surface area contributed by atoms with Crippen LogP contribution >= 0.6 is 0 Å². The molecule has 0 radical (unpaired) electrons. The lowest BCUT2D eigenvalue weighted by Gasteiger charge is -2.22. The molecule has 2 fully saturated rings. The highest BCUT2D eigenvalue weighted by Crippen LogP contribution is 2.57. The highest BCUT2D eigenvalue weighted by Gasteiger charge is 2.58. The van der Waals surface area contributed by atoms with Crippen molar-refractivity contribution in [1.29, 1.82) is 0 Å². The van der Waals surface area contributed by atoms with E-state index in [9.17, 15) is 13.6 Å². The van der Waals surface area contributed by atoms with Crippen molar-refractivity contribution >= 4 is 16.9 Å². The number of nitrogens with zero attached hydrogens (tertiary/aromatic N) is 7. The number of aromatic nitrogens is 6. The van der Waals surface area contributed by atoms with Gasteiger partial charge in [-0.05, 0) is 24.0 Å². The Morgan fingerprint density at radius 1 is 1.12 bits per heavy atom. The number of piperidine rings is 1. The van der Waals surface area contributed by atoms with Crippen molar-refractivity contribution in [1.82, 2.24) is 29.2 Å². The molecule has 6 rings (SSSR count). The van der Waals surface area contributed by atoms with Gasteiger partial charge in [0.15, 0.2) is 17.0 Å². The standard InChI is InChI=1S/C22H21F2N7O2/c1-22(23,24)12-3-5-13(6-4-12)30-7-14-15(8-30)17(14)19-27-16(33-28-19)9-31-11-26-20-18(21(31)32)29(2)10-25-20/h3-6,10-11,14-15,17H,7-9H2,1-2H3/t14-,15+,17?. The monoisotopic (exact) mass is 453 g/mol. The molecule has 0 N–H and O–H groups in total. The number of alkyl halides is 2. The van der Waals surface area contributed by atoms with Crippen LogP contribution in [-0.4, -0.2) is 42.3 Å². The lowest BCUT2D eigenvalue weighted by Crippen LogP contribution is -2.24. The largest absolute Gasteiger partial charge is 0.371 e. The average Bonchev–Trinajstić information content (AvgIpc) is 3.20. The fraction of sp³-hybridized carbons (Fsp3) is 0.409. The first kappa shape index (κ1) is 20.0. The van der Waals surface area contributed by atoms with Gasteiger partial charge in [-0.25, -0.2) is 18.7 Å². The summed E-state index contributed by atoms with van der Waals surface area (Å²) in [5, 5.41) is 4.15. The molecule has 33 heavy (non-hydrogen) atoms. The molecule has 4 heterocycles. The molecule has 1 aliphatic heterocycles. The minimum Gasteiger partial charge on any atom is -0.371 e. The molecule has 1 unspecified atom stereocenters. The van der Waals surface area contributed by atoms with Gasteiger partial charge in [-0.15, -0.1) is 0 Å². The number of aryl methyl sites for hydroxylation is 1. The molecule has 1 aromatic carbocycles. The van der Waals surface area contributed by atoms with E-state index in [0.29, 0.717) is 34.7 Å². The molecule has 0 bridgehead atoms. The molecule has 3 atom stereocenters. The maximum atomic E-state index is 13.4. The maximum absolute atomic E-state index is 13.4. The zero-order chi connectivity index (χ0) is 22.9. The smallest absolute Gasteiger partial charge is 0.280 e. The number of rotatable bonds is 5. The third-order valence-electron chi connectivity index (χ3n) is 6.72. The summed E-state index contributed by atoms with van der Waals surface area (Å²) in [5.74, 6) is -0.808. The summed E-state index contributed by atoms with van der Waals surface area (Å²) in [6.45, 7) is 2.69. The highest BCUT2D eigenvalue weighted by atomic mass is 19.3. The van der Waals surface area contributed by atoms with Crippen LogP contribution in [0.3, 0.4) is 0 Å².